The minimum absolute atomic E-state index is 0.0106. The second-order valence-corrected chi connectivity index (χ2v) is 9.22. The Kier molecular flexibility index (Phi) is 7.50. The molecular weight excluding hydrogens is 422 g/mol. The van der Waals surface area contributed by atoms with Crippen LogP contribution in [0.1, 0.15) is 38.5 Å². The van der Waals surface area contributed by atoms with E-state index < -0.39 is 28.0 Å². The molecule has 1 aliphatic rings. The minimum Gasteiger partial charge on any atom is -0.490 e. The topological polar surface area (TPSA) is 108 Å². The molecule has 0 aromatic heterocycles. The second kappa shape index (κ2) is 10.1. The molecule has 1 N–H and O–H groups in total. The van der Waals surface area contributed by atoms with Crippen molar-refractivity contribution in [3.8, 4) is 5.75 Å². The van der Waals surface area contributed by atoms with E-state index in [-0.39, 0.29) is 23.8 Å². The van der Waals surface area contributed by atoms with Crippen LogP contribution in [-0.2, 0) is 29.1 Å². The molecule has 0 spiro atoms. The Morgan fingerprint density at radius 2 is 1.71 bits per heavy atom. The summed E-state index contributed by atoms with van der Waals surface area (Å²) in [6.07, 6.45) is 4.50. The molecule has 0 bridgehead atoms. The number of ether oxygens (including phenoxy) is 3. The lowest BCUT2D eigenvalue weighted by molar-refractivity contribution is -0.144. The highest BCUT2D eigenvalue weighted by Crippen LogP contribution is 2.28. The highest BCUT2D eigenvalue weighted by Gasteiger charge is 2.27. The summed E-state index contributed by atoms with van der Waals surface area (Å²) >= 11 is 0. The normalized spacial score (nSPS) is 15.5. The van der Waals surface area contributed by atoms with E-state index in [0.717, 1.165) is 36.5 Å². The first-order valence-corrected chi connectivity index (χ1v) is 11.7. The van der Waals surface area contributed by atoms with E-state index in [2.05, 4.69) is 14.2 Å². The van der Waals surface area contributed by atoms with Gasteiger partial charge >= 0.3 is 11.9 Å². The third-order valence-corrected chi connectivity index (χ3v) is 6.82. The van der Waals surface area contributed by atoms with Crippen LogP contribution in [0.25, 0.3) is 10.8 Å². The molecule has 9 heteroatoms. The first kappa shape index (κ1) is 23.0. The summed E-state index contributed by atoms with van der Waals surface area (Å²) < 4.78 is 43.3. The number of carbonyl (C=O) groups excluding carboxylic acids is 2. The third-order valence-electron chi connectivity index (χ3n) is 5.35. The van der Waals surface area contributed by atoms with Crippen molar-refractivity contribution in [2.24, 2.45) is 0 Å². The number of fused-ring (bicyclic) bond motifs is 1. The highest BCUT2D eigenvalue weighted by molar-refractivity contribution is 7.89. The molecule has 31 heavy (non-hydrogen) atoms. The molecule has 0 aliphatic heterocycles. The van der Waals surface area contributed by atoms with Crippen LogP contribution < -0.4 is 9.46 Å². The smallest absolute Gasteiger partial charge is 0.323 e. The third kappa shape index (κ3) is 5.95. The van der Waals surface area contributed by atoms with Crippen molar-refractivity contribution >= 4 is 32.7 Å². The van der Waals surface area contributed by atoms with E-state index in [9.17, 15) is 18.0 Å². The first-order valence-electron chi connectivity index (χ1n) is 10.2. The molecule has 2 aromatic carbocycles. The second-order valence-electron chi connectivity index (χ2n) is 7.51. The van der Waals surface area contributed by atoms with E-state index in [1.54, 1.807) is 6.07 Å². The van der Waals surface area contributed by atoms with Gasteiger partial charge in [0.1, 0.15) is 11.8 Å². The molecular formula is C22H27NO7S. The number of benzene rings is 2. The molecule has 0 unspecified atom stereocenters. The molecule has 1 aliphatic carbocycles. The summed E-state index contributed by atoms with van der Waals surface area (Å²) in [5.41, 5.74) is 0. The Morgan fingerprint density at radius 3 is 2.39 bits per heavy atom. The van der Waals surface area contributed by atoms with Crippen molar-refractivity contribution in [1.82, 2.24) is 4.72 Å². The molecule has 1 fully saturated rings. The van der Waals surface area contributed by atoms with E-state index in [4.69, 9.17) is 4.74 Å². The SMILES string of the molecule is COC(=O)CC[C@@H](NS(=O)(=O)c1ccc2cc(OC3CCCC3)ccc2c1)C(=O)OC. The predicted octanol–water partition coefficient (Wildman–Crippen LogP) is 2.93. The number of sulfonamides is 1. The predicted molar refractivity (Wildman–Crippen MR) is 114 cm³/mol. The zero-order valence-corrected chi connectivity index (χ0v) is 18.4. The lowest BCUT2D eigenvalue weighted by atomic mass is 10.1. The molecule has 8 nitrogen and oxygen atoms in total. The Labute approximate surface area is 181 Å². The average Bonchev–Trinajstić information content (AvgIpc) is 3.28. The molecule has 168 valence electrons. The molecule has 3 rings (SSSR count). The quantitative estimate of drug-likeness (QED) is 0.587. The number of esters is 2. The maximum absolute atomic E-state index is 12.9. The van der Waals surface area contributed by atoms with Gasteiger partial charge in [0.2, 0.25) is 10.0 Å². The molecule has 1 atom stereocenters. The Balaban J connectivity index is 1.77. The fraction of sp³-hybridized carbons (Fsp3) is 0.455. The van der Waals surface area contributed by atoms with Crippen LogP contribution in [0.15, 0.2) is 41.3 Å². The van der Waals surface area contributed by atoms with Crippen LogP contribution in [0.2, 0.25) is 0 Å². The van der Waals surface area contributed by atoms with Gasteiger partial charge in [0.25, 0.3) is 0 Å². The van der Waals surface area contributed by atoms with Crippen LogP contribution in [0.4, 0.5) is 0 Å². The van der Waals surface area contributed by atoms with E-state index >= 15 is 0 Å². The van der Waals surface area contributed by atoms with Gasteiger partial charge in [-0.2, -0.15) is 4.72 Å². The van der Waals surface area contributed by atoms with Gasteiger partial charge in [0.05, 0.1) is 25.2 Å². The van der Waals surface area contributed by atoms with Crippen LogP contribution in [0.3, 0.4) is 0 Å². The number of rotatable bonds is 9. The van der Waals surface area contributed by atoms with Gasteiger partial charge in [-0.3, -0.25) is 9.59 Å². The minimum atomic E-state index is -4.02. The molecule has 0 amide bonds. The van der Waals surface area contributed by atoms with Gasteiger partial charge < -0.3 is 14.2 Å². The highest BCUT2D eigenvalue weighted by atomic mass is 32.2. The van der Waals surface area contributed by atoms with E-state index in [0.29, 0.717) is 0 Å². The fourth-order valence-corrected chi connectivity index (χ4v) is 4.88. The van der Waals surface area contributed by atoms with Gasteiger partial charge in [-0.1, -0.05) is 12.1 Å². The summed E-state index contributed by atoms with van der Waals surface area (Å²) in [6, 6.07) is 9.04. The Hall–Kier alpha value is -2.65. The molecule has 0 radical (unpaired) electrons. The molecule has 1 saturated carbocycles. The monoisotopic (exact) mass is 449 g/mol. The van der Waals surface area contributed by atoms with Crippen molar-refractivity contribution in [2.45, 2.75) is 55.6 Å². The summed E-state index contributed by atoms with van der Waals surface area (Å²) in [4.78, 5) is 23.4. The van der Waals surface area contributed by atoms with Gasteiger partial charge in [0.15, 0.2) is 0 Å². The molecule has 2 aromatic rings. The summed E-state index contributed by atoms with van der Waals surface area (Å²) in [5.74, 6) is -0.557. The van der Waals surface area contributed by atoms with Gasteiger partial charge in [0, 0.05) is 6.42 Å². The number of carbonyl (C=O) groups is 2. The average molecular weight is 450 g/mol. The fourth-order valence-electron chi connectivity index (χ4n) is 3.63. The number of hydrogen-bond acceptors (Lipinski definition) is 7. The van der Waals surface area contributed by atoms with Gasteiger partial charge in [-0.25, -0.2) is 8.42 Å². The van der Waals surface area contributed by atoms with Crippen molar-refractivity contribution in [3.05, 3.63) is 36.4 Å². The van der Waals surface area contributed by atoms with E-state index in [1.807, 2.05) is 18.2 Å². The summed E-state index contributed by atoms with van der Waals surface area (Å²) in [5, 5.41) is 1.58. The van der Waals surface area contributed by atoms with Crippen LogP contribution in [0.5, 0.6) is 5.75 Å². The van der Waals surface area contributed by atoms with Crippen LogP contribution >= 0.6 is 0 Å². The number of methoxy groups -OCH3 is 2. The van der Waals surface area contributed by atoms with Crippen LogP contribution in [-0.4, -0.2) is 46.7 Å². The maximum atomic E-state index is 12.9. The Bertz CT molecular complexity index is 1050. The van der Waals surface area contributed by atoms with Gasteiger partial charge in [-0.05, 0) is 67.1 Å². The van der Waals surface area contributed by atoms with Crippen molar-refractivity contribution in [3.63, 3.8) is 0 Å². The number of nitrogens with one attached hydrogen (secondary N) is 1. The lowest BCUT2D eigenvalue weighted by Crippen LogP contribution is -2.41. The largest absolute Gasteiger partial charge is 0.490 e. The lowest BCUT2D eigenvalue weighted by Gasteiger charge is -2.17. The van der Waals surface area contributed by atoms with E-state index in [1.165, 1.54) is 32.1 Å². The van der Waals surface area contributed by atoms with Crippen molar-refractivity contribution in [1.29, 1.82) is 0 Å². The van der Waals surface area contributed by atoms with Crippen molar-refractivity contribution < 1.29 is 32.2 Å². The zero-order valence-electron chi connectivity index (χ0n) is 17.6. The summed E-state index contributed by atoms with van der Waals surface area (Å²) in [7, 11) is -1.65. The standard InChI is InChI=1S/C22H27NO7S/c1-28-21(24)12-11-20(22(25)29-2)23-31(26,27)19-10-8-15-13-18(9-7-16(15)14-19)30-17-5-3-4-6-17/h7-10,13-14,17,20,23H,3-6,11-12H2,1-2H3/t20-/m1/s1. The maximum Gasteiger partial charge on any atom is 0.323 e. The molecule has 0 heterocycles. The van der Waals surface area contributed by atoms with Gasteiger partial charge in [-0.15, -0.1) is 0 Å². The number of hydrogen-bond donors (Lipinski definition) is 1. The molecule has 0 saturated heterocycles. The first-order chi connectivity index (χ1) is 14.8. The Morgan fingerprint density at radius 1 is 1.03 bits per heavy atom. The van der Waals surface area contributed by atoms with Crippen LogP contribution in [0, 0.1) is 0 Å². The summed E-state index contributed by atoms with van der Waals surface area (Å²) in [6.45, 7) is 0. The zero-order chi connectivity index (χ0) is 22.4. The van der Waals surface area contributed by atoms with Crippen molar-refractivity contribution in [2.75, 3.05) is 14.2 Å².